The van der Waals surface area contributed by atoms with Crippen molar-refractivity contribution >= 4 is 21.6 Å². The Hall–Kier alpha value is -0.930. The second-order valence-corrected chi connectivity index (χ2v) is 6.75. The SMILES string of the molecule is CCC1CCCC(C(N)c2cnc3ccsc3c2)C1. The van der Waals surface area contributed by atoms with Gasteiger partial charge >= 0.3 is 0 Å². The van der Waals surface area contributed by atoms with Gasteiger partial charge in [0.25, 0.3) is 0 Å². The molecule has 0 aliphatic heterocycles. The van der Waals surface area contributed by atoms with E-state index in [1.807, 2.05) is 6.20 Å². The van der Waals surface area contributed by atoms with Gasteiger partial charge in [0.2, 0.25) is 0 Å². The molecule has 0 spiro atoms. The number of pyridine rings is 1. The van der Waals surface area contributed by atoms with E-state index in [0.29, 0.717) is 5.92 Å². The van der Waals surface area contributed by atoms with E-state index >= 15 is 0 Å². The average molecular weight is 274 g/mol. The van der Waals surface area contributed by atoms with E-state index in [2.05, 4.69) is 29.4 Å². The lowest BCUT2D eigenvalue weighted by Gasteiger charge is -2.32. The van der Waals surface area contributed by atoms with Crippen molar-refractivity contribution in [1.29, 1.82) is 0 Å². The molecule has 1 fully saturated rings. The number of nitrogens with two attached hydrogens (primary N) is 1. The van der Waals surface area contributed by atoms with Crippen molar-refractivity contribution in [2.24, 2.45) is 17.6 Å². The fourth-order valence-electron chi connectivity index (χ4n) is 3.35. The Labute approximate surface area is 119 Å². The smallest absolute Gasteiger partial charge is 0.0809 e. The van der Waals surface area contributed by atoms with Crippen LogP contribution in [0.3, 0.4) is 0 Å². The lowest BCUT2D eigenvalue weighted by molar-refractivity contribution is 0.230. The van der Waals surface area contributed by atoms with Crippen LogP contribution in [0.5, 0.6) is 0 Å². The van der Waals surface area contributed by atoms with Gasteiger partial charge in [-0.05, 0) is 47.8 Å². The van der Waals surface area contributed by atoms with E-state index in [1.165, 1.54) is 42.4 Å². The van der Waals surface area contributed by atoms with Crippen LogP contribution >= 0.6 is 11.3 Å². The number of aromatic nitrogens is 1. The Morgan fingerprint density at radius 3 is 3.21 bits per heavy atom. The number of rotatable bonds is 3. The number of hydrogen-bond acceptors (Lipinski definition) is 3. The normalized spacial score (nSPS) is 25.6. The first kappa shape index (κ1) is 13.1. The highest BCUT2D eigenvalue weighted by molar-refractivity contribution is 7.17. The molecule has 3 heteroatoms. The number of thiophene rings is 1. The van der Waals surface area contributed by atoms with Crippen molar-refractivity contribution in [3.63, 3.8) is 0 Å². The van der Waals surface area contributed by atoms with Crippen molar-refractivity contribution in [3.8, 4) is 0 Å². The average Bonchev–Trinajstić information content (AvgIpc) is 2.94. The second kappa shape index (κ2) is 5.59. The van der Waals surface area contributed by atoms with E-state index in [9.17, 15) is 0 Å². The molecule has 0 amide bonds. The summed E-state index contributed by atoms with van der Waals surface area (Å²) in [6.45, 7) is 2.30. The molecule has 1 aliphatic rings. The van der Waals surface area contributed by atoms with E-state index in [1.54, 1.807) is 11.3 Å². The van der Waals surface area contributed by atoms with Gasteiger partial charge in [0.05, 0.1) is 10.2 Å². The Morgan fingerprint density at radius 2 is 2.37 bits per heavy atom. The van der Waals surface area contributed by atoms with Gasteiger partial charge in [0.1, 0.15) is 0 Å². The molecule has 2 aromatic rings. The molecule has 3 rings (SSSR count). The van der Waals surface area contributed by atoms with Crippen LogP contribution in [0.1, 0.15) is 50.6 Å². The van der Waals surface area contributed by atoms with Gasteiger partial charge in [-0.1, -0.05) is 26.2 Å². The second-order valence-electron chi connectivity index (χ2n) is 5.80. The predicted molar refractivity (Wildman–Crippen MR) is 82.3 cm³/mol. The molecule has 2 aromatic heterocycles. The first-order chi connectivity index (χ1) is 9.28. The highest BCUT2D eigenvalue weighted by Gasteiger charge is 2.26. The van der Waals surface area contributed by atoms with Crippen molar-refractivity contribution in [1.82, 2.24) is 4.98 Å². The largest absolute Gasteiger partial charge is 0.324 e. The van der Waals surface area contributed by atoms with Crippen molar-refractivity contribution < 1.29 is 0 Å². The van der Waals surface area contributed by atoms with E-state index in [-0.39, 0.29) is 6.04 Å². The number of hydrogen-bond donors (Lipinski definition) is 1. The summed E-state index contributed by atoms with van der Waals surface area (Å²) in [6.07, 6.45) is 8.58. The Bertz CT molecular complexity index is 548. The third kappa shape index (κ3) is 2.67. The monoisotopic (exact) mass is 274 g/mol. The lowest BCUT2D eigenvalue weighted by atomic mass is 9.75. The molecule has 102 valence electrons. The summed E-state index contributed by atoms with van der Waals surface area (Å²) in [5, 5.41) is 2.10. The maximum atomic E-state index is 6.51. The minimum atomic E-state index is 0.161. The first-order valence-electron chi connectivity index (χ1n) is 7.36. The van der Waals surface area contributed by atoms with Crippen LogP contribution in [0.25, 0.3) is 10.2 Å². The highest BCUT2D eigenvalue weighted by Crippen LogP contribution is 2.37. The van der Waals surface area contributed by atoms with Gasteiger partial charge in [-0.3, -0.25) is 4.98 Å². The number of fused-ring (bicyclic) bond motifs is 1. The molecule has 19 heavy (non-hydrogen) atoms. The Balaban J connectivity index is 1.80. The molecular weight excluding hydrogens is 252 g/mol. The summed E-state index contributed by atoms with van der Waals surface area (Å²) in [5.74, 6) is 1.51. The Morgan fingerprint density at radius 1 is 1.47 bits per heavy atom. The van der Waals surface area contributed by atoms with E-state index in [4.69, 9.17) is 5.73 Å². The predicted octanol–water partition coefficient (Wildman–Crippen LogP) is 4.51. The zero-order valence-corrected chi connectivity index (χ0v) is 12.3. The van der Waals surface area contributed by atoms with Crippen LogP contribution in [0.2, 0.25) is 0 Å². The van der Waals surface area contributed by atoms with Gasteiger partial charge < -0.3 is 5.73 Å². The van der Waals surface area contributed by atoms with E-state index in [0.717, 1.165) is 11.4 Å². The molecule has 2 heterocycles. The first-order valence-corrected chi connectivity index (χ1v) is 8.24. The molecule has 0 aromatic carbocycles. The summed E-state index contributed by atoms with van der Waals surface area (Å²) in [4.78, 5) is 4.53. The van der Waals surface area contributed by atoms with Crippen molar-refractivity contribution in [2.45, 2.75) is 45.1 Å². The summed E-state index contributed by atoms with van der Waals surface area (Å²) >= 11 is 1.75. The van der Waals surface area contributed by atoms with Crippen LogP contribution in [-0.4, -0.2) is 4.98 Å². The van der Waals surface area contributed by atoms with E-state index < -0.39 is 0 Å². The summed E-state index contributed by atoms with van der Waals surface area (Å²) < 4.78 is 1.26. The zero-order valence-electron chi connectivity index (χ0n) is 11.5. The Kier molecular flexibility index (Phi) is 3.85. The van der Waals surface area contributed by atoms with Gasteiger partial charge in [0.15, 0.2) is 0 Å². The molecule has 0 radical (unpaired) electrons. The van der Waals surface area contributed by atoms with Crippen LogP contribution in [-0.2, 0) is 0 Å². The molecule has 1 aliphatic carbocycles. The summed E-state index contributed by atoms with van der Waals surface area (Å²) in [7, 11) is 0. The molecular formula is C16H22N2S. The topological polar surface area (TPSA) is 38.9 Å². The van der Waals surface area contributed by atoms with Gasteiger partial charge in [-0.15, -0.1) is 11.3 Å². The third-order valence-electron chi connectivity index (χ3n) is 4.62. The molecule has 3 unspecified atom stereocenters. The minimum absolute atomic E-state index is 0.161. The fraction of sp³-hybridized carbons (Fsp3) is 0.562. The number of nitrogens with zero attached hydrogens (tertiary/aromatic N) is 1. The van der Waals surface area contributed by atoms with Gasteiger partial charge in [-0.25, -0.2) is 0 Å². The molecule has 1 saturated carbocycles. The third-order valence-corrected chi connectivity index (χ3v) is 5.47. The van der Waals surface area contributed by atoms with Crippen LogP contribution < -0.4 is 5.73 Å². The molecule has 2 N–H and O–H groups in total. The van der Waals surface area contributed by atoms with Crippen LogP contribution in [0.4, 0.5) is 0 Å². The lowest BCUT2D eigenvalue weighted by Crippen LogP contribution is -2.26. The standard InChI is InChI=1S/C16H22N2S/c1-2-11-4-3-5-12(8-11)16(17)13-9-15-14(18-10-13)6-7-19-15/h6-7,9-12,16H,2-5,8,17H2,1H3. The van der Waals surface area contributed by atoms with Crippen molar-refractivity contribution in [2.75, 3.05) is 0 Å². The van der Waals surface area contributed by atoms with Gasteiger partial charge in [0, 0.05) is 12.2 Å². The maximum Gasteiger partial charge on any atom is 0.0809 e. The summed E-state index contributed by atoms with van der Waals surface area (Å²) in [6, 6.07) is 4.48. The van der Waals surface area contributed by atoms with Gasteiger partial charge in [-0.2, -0.15) is 0 Å². The quantitative estimate of drug-likeness (QED) is 0.894. The highest BCUT2D eigenvalue weighted by atomic mass is 32.1. The molecule has 2 nitrogen and oxygen atoms in total. The molecule has 0 saturated heterocycles. The fourth-order valence-corrected chi connectivity index (χ4v) is 4.13. The maximum absolute atomic E-state index is 6.51. The molecule has 0 bridgehead atoms. The molecule has 3 atom stereocenters. The van der Waals surface area contributed by atoms with Crippen molar-refractivity contribution in [3.05, 3.63) is 29.3 Å². The van der Waals surface area contributed by atoms with Crippen LogP contribution in [0.15, 0.2) is 23.7 Å². The summed E-state index contributed by atoms with van der Waals surface area (Å²) in [5.41, 5.74) is 8.82. The van der Waals surface area contributed by atoms with Crippen LogP contribution in [0, 0.1) is 11.8 Å². The minimum Gasteiger partial charge on any atom is -0.324 e. The zero-order chi connectivity index (χ0) is 13.2.